The van der Waals surface area contributed by atoms with E-state index < -0.39 is 6.10 Å². The summed E-state index contributed by atoms with van der Waals surface area (Å²) in [7, 11) is 0. The predicted molar refractivity (Wildman–Crippen MR) is 89.5 cm³/mol. The first kappa shape index (κ1) is 15.1. The number of carbonyl (C=O) groups is 1. The van der Waals surface area contributed by atoms with Gasteiger partial charge in [0.1, 0.15) is 0 Å². The molecule has 1 N–H and O–H groups in total. The van der Waals surface area contributed by atoms with Crippen LogP contribution in [0.4, 0.5) is 0 Å². The van der Waals surface area contributed by atoms with Crippen molar-refractivity contribution >= 4 is 17.7 Å². The monoisotopic (exact) mass is 313 g/mol. The average molecular weight is 313 g/mol. The van der Waals surface area contributed by atoms with Crippen molar-refractivity contribution in [3.63, 3.8) is 0 Å². The second-order valence-electron chi connectivity index (χ2n) is 5.46. The Hall–Kier alpha value is -1.78. The molecule has 1 saturated heterocycles. The van der Waals surface area contributed by atoms with Gasteiger partial charge in [0.2, 0.25) is 5.91 Å². The highest BCUT2D eigenvalue weighted by atomic mass is 32.2. The van der Waals surface area contributed by atoms with Crippen molar-refractivity contribution in [3.8, 4) is 0 Å². The highest BCUT2D eigenvalue weighted by molar-refractivity contribution is 8.00. The quantitative estimate of drug-likeness (QED) is 0.943. The number of aliphatic hydroxyl groups is 1. The molecule has 22 heavy (non-hydrogen) atoms. The largest absolute Gasteiger partial charge is 0.387 e. The van der Waals surface area contributed by atoms with E-state index >= 15 is 0 Å². The third kappa shape index (κ3) is 3.51. The lowest BCUT2D eigenvalue weighted by Crippen LogP contribution is -2.43. The average Bonchev–Trinajstić information content (AvgIpc) is 2.58. The third-order valence-corrected chi connectivity index (χ3v) is 5.13. The highest BCUT2D eigenvalue weighted by Gasteiger charge is 2.31. The molecule has 0 unspecified atom stereocenters. The van der Waals surface area contributed by atoms with Gasteiger partial charge in [0.15, 0.2) is 0 Å². The van der Waals surface area contributed by atoms with Gasteiger partial charge in [-0.1, -0.05) is 60.7 Å². The molecule has 1 fully saturated rings. The Bertz CT molecular complexity index is 617. The summed E-state index contributed by atoms with van der Waals surface area (Å²) in [5.41, 5.74) is 2.03. The van der Waals surface area contributed by atoms with Crippen molar-refractivity contribution in [3.05, 3.63) is 71.8 Å². The summed E-state index contributed by atoms with van der Waals surface area (Å²) in [5.74, 6) is 0.576. The number of benzene rings is 2. The van der Waals surface area contributed by atoms with Gasteiger partial charge in [-0.2, -0.15) is 0 Å². The zero-order valence-electron chi connectivity index (χ0n) is 12.3. The summed E-state index contributed by atoms with van der Waals surface area (Å²) in [4.78, 5) is 14.0. The minimum absolute atomic E-state index is 0.0174. The first-order chi connectivity index (χ1) is 10.7. The molecular formula is C18H19NO2S. The maximum atomic E-state index is 12.1. The summed E-state index contributed by atoms with van der Waals surface area (Å²) < 4.78 is 0. The van der Waals surface area contributed by atoms with Crippen LogP contribution in [0.3, 0.4) is 0 Å². The molecule has 114 valence electrons. The van der Waals surface area contributed by atoms with Crippen LogP contribution in [-0.2, 0) is 11.3 Å². The maximum absolute atomic E-state index is 12.1. The highest BCUT2D eigenvalue weighted by Crippen LogP contribution is 2.31. The van der Waals surface area contributed by atoms with Gasteiger partial charge >= 0.3 is 0 Å². The molecule has 3 nitrogen and oxygen atoms in total. The fourth-order valence-corrected chi connectivity index (χ4v) is 3.82. The Kier molecular flexibility index (Phi) is 4.80. The number of nitrogens with zero attached hydrogens (tertiary/aromatic N) is 1. The van der Waals surface area contributed by atoms with E-state index in [4.69, 9.17) is 0 Å². The zero-order chi connectivity index (χ0) is 15.4. The fraction of sp³-hybridized carbons (Fsp3) is 0.278. The van der Waals surface area contributed by atoms with Gasteiger partial charge in [-0.25, -0.2) is 0 Å². The Morgan fingerprint density at radius 1 is 1.09 bits per heavy atom. The molecule has 4 heteroatoms. The van der Waals surface area contributed by atoms with Crippen LogP contribution in [0.2, 0.25) is 0 Å². The molecule has 3 rings (SSSR count). The van der Waals surface area contributed by atoms with Crippen LogP contribution >= 0.6 is 11.8 Å². The molecule has 0 spiro atoms. The molecule has 2 atom stereocenters. The normalized spacial score (nSPS) is 20.0. The number of amides is 1. The predicted octanol–water partition coefficient (Wildman–Crippen LogP) is 2.86. The number of rotatable bonds is 4. The Labute approximate surface area is 135 Å². The van der Waals surface area contributed by atoms with Crippen molar-refractivity contribution in [1.82, 2.24) is 4.90 Å². The fourth-order valence-electron chi connectivity index (χ4n) is 2.65. The lowest BCUT2D eigenvalue weighted by molar-refractivity contribution is -0.129. The topological polar surface area (TPSA) is 40.5 Å². The lowest BCUT2D eigenvalue weighted by Gasteiger charge is -2.34. The molecule has 0 aliphatic carbocycles. The maximum Gasteiger partial charge on any atom is 0.232 e. The summed E-state index contributed by atoms with van der Waals surface area (Å²) in [6.45, 7) is 1.19. The van der Waals surface area contributed by atoms with Gasteiger partial charge in [-0.3, -0.25) is 4.79 Å². The smallest absolute Gasteiger partial charge is 0.232 e. The van der Waals surface area contributed by atoms with E-state index in [0.29, 0.717) is 18.8 Å². The number of carbonyl (C=O) groups excluding carboxylic acids is 1. The molecule has 0 saturated carbocycles. The van der Waals surface area contributed by atoms with Crippen LogP contribution in [0.25, 0.3) is 0 Å². The summed E-state index contributed by atoms with van der Waals surface area (Å²) >= 11 is 1.55. The molecule has 1 aliphatic rings. The number of hydrogen-bond donors (Lipinski definition) is 1. The standard InChI is InChI=1S/C18H19NO2S/c20-17-13-22-16(18(21)15-9-5-2-6-10-15)12-19(17)11-14-7-3-1-4-8-14/h1-10,16,18,21H,11-13H2/t16-,18-/m0/s1. The number of thioether (sulfide) groups is 1. The van der Waals surface area contributed by atoms with Crippen LogP contribution in [-0.4, -0.2) is 33.5 Å². The first-order valence-electron chi connectivity index (χ1n) is 7.40. The van der Waals surface area contributed by atoms with Crippen molar-refractivity contribution in [2.24, 2.45) is 0 Å². The van der Waals surface area contributed by atoms with Gasteiger partial charge in [0, 0.05) is 13.1 Å². The molecule has 2 aromatic rings. The Balaban J connectivity index is 1.69. The van der Waals surface area contributed by atoms with Gasteiger partial charge < -0.3 is 10.0 Å². The number of hydrogen-bond acceptors (Lipinski definition) is 3. The summed E-state index contributed by atoms with van der Waals surface area (Å²) in [6.07, 6.45) is -0.544. The van der Waals surface area contributed by atoms with Crippen molar-refractivity contribution in [2.45, 2.75) is 17.9 Å². The summed E-state index contributed by atoms with van der Waals surface area (Å²) in [6, 6.07) is 19.7. The third-order valence-electron chi connectivity index (χ3n) is 3.88. The molecule has 2 aromatic carbocycles. The second kappa shape index (κ2) is 6.99. The molecule has 0 aromatic heterocycles. The van der Waals surface area contributed by atoms with Crippen LogP contribution in [0.15, 0.2) is 60.7 Å². The van der Waals surface area contributed by atoms with Crippen LogP contribution in [0.1, 0.15) is 17.2 Å². The molecule has 0 bridgehead atoms. The minimum atomic E-state index is -0.544. The van der Waals surface area contributed by atoms with Gasteiger partial charge in [0.05, 0.1) is 17.1 Å². The minimum Gasteiger partial charge on any atom is -0.387 e. The van der Waals surface area contributed by atoms with Crippen molar-refractivity contribution < 1.29 is 9.90 Å². The SMILES string of the molecule is O=C1CS[C@H]([C@@H](O)c2ccccc2)CN1Cc1ccccc1. The molecule has 1 amide bonds. The molecule has 1 aliphatic heterocycles. The van der Waals surface area contributed by atoms with E-state index in [1.807, 2.05) is 65.6 Å². The first-order valence-corrected chi connectivity index (χ1v) is 8.45. The van der Waals surface area contributed by atoms with Gasteiger partial charge in [0.25, 0.3) is 0 Å². The van der Waals surface area contributed by atoms with Crippen LogP contribution in [0.5, 0.6) is 0 Å². The zero-order valence-corrected chi connectivity index (χ0v) is 13.1. The lowest BCUT2D eigenvalue weighted by atomic mass is 10.1. The molecule has 1 heterocycles. The van der Waals surface area contributed by atoms with Gasteiger partial charge in [-0.05, 0) is 11.1 Å². The van der Waals surface area contributed by atoms with E-state index in [1.165, 1.54) is 0 Å². The molecule has 0 radical (unpaired) electrons. The van der Waals surface area contributed by atoms with E-state index in [9.17, 15) is 9.90 Å². The van der Waals surface area contributed by atoms with E-state index in [-0.39, 0.29) is 11.2 Å². The van der Waals surface area contributed by atoms with E-state index in [0.717, 1.165) is 11.1 Å². The molecular weight excluding hydrogens is 294 g/mol. The van der Waals surface area contributed by atoms with Crippen LogP contribution < -0.4 is 0 Å². The Morgan fingerprint density at radius 2 is 1.73 bits per heavy atom. The second-order valence-corrected chi connectivity index (χ2v) is 6.69. The van der Waals surface area contributed by atoms with Gasteiger partial charge in [-0.15, -0.1) is 11.8 Å². The number of aliphatic hydroxyl groups excluding tert-OH is 1. The van der Waals surface area contributed by atoms with E-state index in [1.54, 1.807) is 11.8 Å². The Morgan fingerprint density at radius 3 is 2.41 bits per heavy atom. The van der Waals surface area contributed by atoms with E-state index in [2.05, 4.69) is 0 Å². The van der Waals surface area contributed by atoms with Crippen molar-refractivity contribution in [1.29, 1.82) is 0 Å². The van der Waals surface area contributed by atoms with Crippen LogP contribution in [0, 0.1) is 0 Å². The van der Waals surface area contributed by atoms with Crippen molar-refractivity contribution in [2.75, 3.05) is 12.3 Å². The summed E-state index contributed by atoms with van der Waals surface area (Å²) in [5, 5.41) is 10.6.